The summed E-state index contributed by atoms with van der Waals surface area (Å²) in [6, 6.07) is 0. The van der Waals surface area contributed by atoms with E-state index in [2.05, 4.69) is 6.08 Å². The van der Waals surface area contributed by atoms with Crippen LogP contribution in [0.15, 0.2) is 23.3 Å². The van der Waals surface area contributed by atoms with E-state index in [0.29, 0.717) is 24.7 Å². The Morgan fingerprint density at radius 2 is 1.94 bits per heavy atom. The van der Waals surface area contributed by atoms with Crippen LogP contribution >= 0.6 is 0 Å². The number of benzene rings is 1. The fourth-order valence-corrected chi connectivity index (χ4v) is 5.45. The third-order valence-electron chi connectivity index (χ3n) is 7.12. The van der Waals surface area contributed by atoms with Crippen LogP contribution in [-0.2, 0) is 0 Å². The number of rotatable bonds is 5. The zero-order valence-corrected chi connectivity index (χ0v) is 19.5. The van der Waals surface area contributed by atoms with Gasteiger partial charge in [0.25, 0.3) is 0 Å². The van der Waals surface area contributed by atoms with Crippen LogP contribution in [0.2, 0.25) is 0 Å². The minimum Gasteiger partial charge on any atom is -0.504 e. The molecule has 0 unspecified atom stereocenters. The van der Waals surface area contributed by atoms with Crippen molar-refractivity contribution >= 4 is 17.9 Å². The van der Waals surface area contributed by atoms with Gasteiger partial charge in [0.2, 0.25) is 0 Å². The van der Waals surface area contributed by atoms with Crippen LogP contribution in [0.1, 0.15) is 96.9 Å². The molecule has 2 aliphatic rings. The lowest BCUT2D eigenvalue weighted by molar-refractivity contribution is 0.0438. The van der Waals surface area contributed by atoms with E-state index in [9.17, 15) is 19.5 Å². The highest BCUT2D eigenvalue weighted by Gasteiger charge is 2.57. The van der Waals surface area contributed by atoms with E-state index < -0.39 is 11.3 Å². The van der Waals surface area contributed by atoms with Gasteiger partial charge in [0.05, 0.1) is 12.7 Å². The molecule has 0 heterocycles. The Bertz CT molecular complexity index is 1020. The number of aldehydes is 1. The molecule has 0 fully saturated rings. The maximum Gasteiger partial charge on any atom is 0.171 e. The van der Waals surface area contributed by atoms with Crippen LogP contribution in [0.4, 0.5) is 0 Å². The van der Waals surface area contributed by atoms with Crippen LogP contribution in [0.3, 0.4) is 0 Å². The summed E-state index contributed by atoms with van der Waals surface area (Å²) in [6.45, 7) is 11.7. The fourth-order valence-electron chi connectivity index (χ4n) is 5.45. The van der Waals surface area contributed by atoms with Gasteiger partial charge in [0.1, 0.15) is 0 Å². The average Bonchev–Trinajstić information content (AvgIpc) is 2.70. The van der Waals surface area contributed by atoms with E-state index in [-0.39, 0.29) is 51.6 Å². The Morgan fingerprint density at radius 3 is 2.45 bits per heavy atom. The van der Waals surface area contributed by atoms with Crippen molar-refractivity contribution in [3.05, 3.63) is 45.6 Å². The fraction of sp³-hybridized carbons (Fsp3) is 0.500. The average molecular weight is 425 g/mol. The molecular formula is C26H32O5. The van der Waals surface area contributed by atoms with Crippen LogP contribution in [0, 0.1) is 17.3 Å². The predicted octanol–water partition coefficient (Wildman–Crippen LogP) is 5.66. The molecule has 5 heteroatoms. The molecule has 3 rings (SSSR count). The van der Waals surface area contributed by atoms with Crippen LogP contribution < -0.4 is 4.74 Å². The summed E-state index contributed by atoms with van der Waals surface area (Å²) >= 11 is 0. The van der Waals surface area contributed by atoms with E-state index in [1.807, 2.05) is 47.6 Å². The molecule has 1 aromatic rings. The van der Waals surface area contributed by atoms with Crippen LogP contribution in [0.25, 0.3) is 0 Å². The van der Waals surface area contributed by atoms with Crippen molar-refractivity contribution < 1.29 is 24.2 Å². The highest BCUT2D eigenvalue weighted by molar-refractivity contribution is 6.22. The summed E-state index contributed by atoms with van der Waals surface area (Å²) < 4.78 is 5.43. The molecule has 1 aromatic carbocycles. The number of ketones is 2. The molecule has 0 spiro atoms. The van der Waals surface area contributed by atoms with E-state index in [1.54, 1.807) is 0 Å². The van der Waals surface area contributed by atoms with Crippen LogP contribution in [-0.4, -0.2) is 30.1 Å². The number of fused-ring (bicyclic) bond motifs is 2. The van der Waals surface area contributed by atoms with Gasteiger partial charge in [-0.1, -0.05) is 44.1 Å². The lowest BCUT2D eigenvalue weighted by Gasteiger charge is -2.48. The Hall–Kier alpha value is -2.69. The summed E-state index contributed by atoms with van der Waals surface area (Å²) in [5, 5.41) is 10.7. The van der Waals surface area contributed by atoms with E-state index >= 15 is 0 Å². The molecule has 5 nitrogen and oxygen atoms in total. The Morgan fingerprint density at radius 1 is 1.29 bits per heavy atom. The Kier molecular flexibility index (Phi) is 6.01. The number of phenolic OH excluding ortho intramolecular Hbond substituents is 1. The van der Waals surface area contributed by atoms with Crippen molar-refractivity contribution in [1.82, 2.24) is 0 Å². The first-order valence-electron chi connectivity index (χ1n) is 10.8. The molecule has 0 aliphatic heterocycles. The second-order valence-electron chi connectivity index (χ2n) is 9.51. The maximum atomic E-state index is 14.2. The molecule has 0 amide bonds. The summed E-state index contributed by atoms with van der Waals surface area (Å²) in [6.07, 6.45) is 5.72. The van der Waals surface area contributed by atoms with Crippen molar-refractivity contribution in [2.45, 2.75) is 60.3 Å². The van der Waals surface area contributed by atoms with Gasteiger partial charge in [-0.25, -0.2) is 0 Å². The number of hydrogen-bond donors (Lipinski definition) is 1. The van der Waals surface area contributed by atoms with Gasteiger partial charge in [0.15, 0.2) is 29.4 Å². The molecule has 0 saturated carbocycles. The molecule has 166 valence electrons. The number of aromatic hydroxyl groups is 1. The summed E-state index contributed by atoms with van der Waals surface area (Å²) in [7, 11) is 1.40. The molecule has 0 radical (unpaired) electrons. The maximum absolute atomic E-state index is 14.2. The highest BCUT2D eigenvalue weighted by atomic mass is 16.5. The first kappa shape index (κ1) is 23.0. The lowest BCUT2D eigenvalue weighted by atomic mass is 9.52. The topological polar surface area (TPSA) is 80.7 Å². The molecule has 0 saturated heterocycles. The second kappa shape index (κ2) is 8.10. The number of allylic oxidation sites excluding steroid dienone is 4. The van der Waals surface area contributed by atoms with Crippen molar-refractivity contribution in [3.8, 4) is 11.5 Å². The predicted molar refractivity (Wildman–Crippen MR) is 120 cm³/mol. The zero-order valence-electron chi connectivity index (χ0n) is 19.5. The third kappa shape index (κ3) is 3.26. The summed E-state index contributed by atoms with van der Waals surface area (Å²) in [5.74, 6) is -1.54. The largest absolute Gasteiger partial charge is 0.504 e. The summed E-state index contributed by atoms with van der Waals surface area (Å²) in [4.78, 5) is 40.0. The molecule has 0 aromatic heterocycles. The van der Waals surface area contributed by atoms with Gasteiger partial charge in [0, 0.05) is 28.0 Å². The van der Waals surface area contributed by atoms with E-state index in [1.165, 1.54) is 7.11 Å². The number of methoxy groups -OCH3 is 1. The molecule has 0 bridgehead atoms. The lowest BCUT2D eigenvalue weighted by Crippen LogP contribution is -2.52. The second-order valence-corrected chi connectivity index (χ2v) is 9.51. The number of carbonyl (C=O) groups excluding carboxylic acids is 3. The number of phenols is 1. The minimum atomic E-state index is -0.930. The highest BCUT2D eigenvalue weighted by Crippen LogP contribution is 2.56. The van der Waals surface area contributed by atoms with Gasteiger partial charge in [-0.05, 0) is 45.4 Å². The number of ether oxygens (including phenoxy) is 1. The molecule has 3 atom stereocenters. The number of hydrogen-bond acceptors (Lipinski definition) is 5. The normalized spacial score (nSPS) is 25.0. The van der Waals surface area contributed by atoms with Crippen molar-refractivity contribution in [2.75, 3.05) is 7.11 Å². The quantitative estimate of drug-likeness (QED) is 0.487. The van der Waals surface area contributed by atoms with E-state index in [4.69, 9.17) is 4.74 Å². The number of Topliss-reactive ketones (excluding diaryl/α,β-unsaturated/α-hetero) is 2. The molecule has 31 heavy (non-hydrogen) atoms. The van der Waals surface area contributed by atoms with Crippen molar-refractivity contribution in [1.29, 1.82) is 0 Å². The van der Waals surface area contributed by atoms with Crippen LogP contribution in [0.5, 0.6) is 11.5 Å². The van der Waals surface area contributed by atoms with Gasteiger partial charge in [-0.15, -0.1) is 0 Å². The Labute approximate surface area is 184 Å². The first-order chi connectivity index (χ1) is 14.5. The third-order valence-corrected chi connectivity index (χ3v) is 7.12. The minimum absolute atomic E-state index is 0.0541. The van der Waals surface area contributed by atoms with E-state index in [0.717, 1.165) is 11.1 Å². The van der Waals surface area contributed by atoms with Gasteiger partial charge in [-0.2, -0.15) is 0 Å². The van der Waals surface area contributed by atoms with Gasteiger partial charge >= 0.3 is 0 Å². The Balaban J connectivity index is 2.39. The van der Waals surface area contributed by atoms with Crippen molar-refractivity contribution in [2.24, 2.45) is 17.3 Å². The number of carbonyl (C=O) groups is 3. The summed E-state index contributed by atoms with van der Waals surface area (Å²) in [5.41, 5.74) is 1.97. The molecule has 1 N–H and O–H groups in total. The monoisotopic (exact) mass is 424 g/mol. The molecule has 2 aliphatic carbocycles. The van der Waals surface area contributed by atoms with Gasteiger partial charge in [-0.3, -0.25) is 14.4 Å². The SMILES string of the molecule is COc1c(O)c(C=O)c2c(c1C(C)C)C(=O)[C@@]1(C)[C@H](CC=C(C)[C@H]1CC=C(C)C)C2=O. The zero-order chi connectivity index (χ0) is 23.2. The van der Waals surface area contributed by atoms with Crippen molar-refractivity contribution in [3.63, 3.8) is 0 Å². The standard InChI is InChI=1S/C26H32O5/c1-13(2)8-10-17-15(5)9-11-18-23(29)20-16(12-27)22(28)24(31-7)19(14(3)4)21(20)25(30)26(17,18)6/h8-9,12,14,17-18,28H,10-11H2,1-7H3/t17-,18-,26-/m1/s1. The molecular weight excluding hydrogens is 392 g/mol. The van der Waals surface area contributed by atoms with Gasteiger partial charge < -0.3 is 9.84 Å². The smallest absolute Gasteiger partial charge is 0.171 e. The first-order valence-corrected chi connectivity index (χ1v) is 10.8.